The summed E-state index contributed by atoms with van der Waals surface area (Å²) in [4.78, 5) is 17.2. The van der Waals surface area contributed by atoms with E-state index in [1.54, 1.807) is 0 Å². The van der Waals surface area contributed by atoms with Gasteiger partial charge < -0.3 is 15.5 Å². The van der Waals surface area contributed by atoms with Crippen LogP contribution in [0.5, 0.6) is 0 Å². The molecule has 4 N–H and O–H groups in total. The monoisotopic (exact) mass is 315 g/mol. The maximum absolute atomic E-state index is 13.4. The molecule has 0 spiro atoms. The zero-order valence-electron chi connectivity index (χ0n) is 7.90. The number of alkyl halides is 2. The molecule has 0 atom stereocenters. The fourth-order valence-corrected chi connectivity index (χ4v) is 2.46. The van der Waals surface area contributed by atoms with Crippen molar-refractivity contribution in [3.05, 3.63) is 33.8 Å². The third-order valence-corrected chi connectivity index (χ3v) is 3.90. The first-order valence-corrected chi connectivity index (χ1v) is 6.53. The molecule has 0 aliphatic carbocycles. The summed E-state index contributed by atoms with van der Waals surface area (Å²) < 4.78 is 37.4. The molecule has 0 aliphatic heterocycles. The van der Waals surface area contributed by atoms with Gasteiger partial charge in [0.1, 0.15) is 0 Å². The number of halogens is 3. The van der Waals surface area contributed by atoms with Crippen LogP contribution in [-0.4, -0.2) is 9.79 Å². The van der Waals surface area contributed by atoms with Crippen LogP contribution < -0.4 is 5.73 Å². The van der Waals surface area contributed by atoms with Gasteiger partial charge in [-0.3, -0.25) is 4.57 Å². The van der Waals surface area contributed by atoms with Crippen molar-refractivity contribution in [2.45, 2.75) is 12.2 Å². The van der Waals surface area contributed by atoms with E-state index in [9.17, 15) is 13.3 Å². The fourth-order valence-electron chi connectivity index (χ4n) is 1.13. The summed E-state index contributed by atoms with van der Waals surface area (Å²) in [5.41, 5.74) is 0.670. The smallest absolute Gasteiger partial charge is 0.326 e. The van der Waals surface area contributed by atoms with Crippen LogP contribution in [0.1, 0.15) is 11.1 Å². The van der Waals surface area contributed by atoms with Crippen molar-refractivity contribution in [3.8, 4) is 0 Å². The Labute approximate surface area is 98.8 Å². The number of nitrogens with two attached hydrogens (primary N) is 1. The first-order valence-electron chi connectivity index (χ1n) is 4.13. The highest BCUT2D eigenvalue weighted by Gasteiger charge is 2.51. The van der Waals surface area contributed by atoms with E-state index in [0.717, 1.165) is 6.07 Å². The highest BCUT2D eigenvalue weighted by Crippen LogP contribution is 2.60. The van der Waals surface area contributed by atoms with Gasteiger partial charge in [0.2, 0.25) is 0 Å². The molecule has 0 fully saturated rings. The molecule has 0 aliphatic rings. The lowest BCUT2D eigenvalue weighted by molar-refractivity contribution is 0.0556. The summed E-state index contributed by atoms with van der Waals surface area (Å²) in [6.07, 6.45) is 0. The molecular weight excluding hydrogens is 307 g/mol. The number of rotatable bonds is 3. The lowest BCUT2D eigenvalue weighted by atomic mass is 10.1. The van der Waals surface area contributed by atoms with Crippen molar-refractivity contribution >= 4 is 23.5 Å². The molecular formula is C8H9BrF2NO3P. The zero-order valence-corrected chi connectivity index (χ0v) is 10.4. The van der Waals surface area contributed by atoms with Gasteiger partial charge in [-0.15, -0.1) is 0 Å². The second-order valence-corrected chi connectivity index (χ2v) is 5.51. The normalized spacial score (nSPS) is 12.9. The van der Waals surface area contributed by atoms with Crippen molar-refractivity contribution in [1.29, 1.82) is 0 Å². The van der Waals surface area contributed by atoms with Crippen LogP contribution in [0.2, 0.25) is 0 Å². The Morgan fingerprint density at radius 1 is 1.44 bits per heavy atom. The van der Waals surface area contributed by atoms with Crippen LogP contribution in [0.4, 0.5) is 8.78 Å². The van der Waals surface area contributed by atoms with Crippen LogP contribution in [0, 0.1) is 0 Å². The minimum Gasteiger partial charge on any atom is -0.326 e. The molecule has 0 unspecified atom stereocenters. The van der Waals surface area contributed by atoms with Gasteiger partial charge in [-0.25, -0.2) is 0 Å². The summed E-state index contributed by atoms with van der Waals surface area (Å²) in [7, 11) is -5.55. The van der Waals surface area contributed by atoms with E-state index in [-0.39, 0.29) is 11.0 Å². The van der Waals surface area contributed by atoms with Crippen molar-refractivity contribution in [2.24, 2.45) is 5.73 Å². The predicted octanol–water partition coefficient (Wildman–Crippen LogP) is 2.13. The van der Waals surface area contributed by atoms with Crippen molar-refractivity contribution in [1.82, 2.24) is 0 Å². The third-order valence-electron chi connectivity index (χ3n) is 1.99. The first kappa shape index (κ1) is 13.7. The van der Waals surface area contributed by atoms with Gasteiger partial charge in [0.15, 0.2) is 0 Å². The standard InChI is InChI=1S/C8H9BrF2NO3P/c9-7-5(4-12)2-1-3-6(7)8(10,11)16(13,14)15/h1-3H,4,12H2,(H2,13,14,15). The van der Waals surface area contributed by atoms with Crippen molar-refractivity contribution in [2.75, 3.05) is 0 Å². The summed E-state index contributed by atoms with van der Waals surface area (Å²) in [6.45, 7) is -0.00827. The Balaban J connectivity index is 3.40. The molecule has 4 nitrogen and oxygen atoms in total. The molecule has 0 saturated heterocycles. The van der Waals surface area contributed by atoms with Crippen LogP contribution in [-0.2, 0) is 16.8 Å². The average Bonchev–Trinajstić information content (AvgIpc) is 2.16. The van der Waals surface area contributed by atoms with Gasteiger partial charge in [-0.2, -0.15) is 8.78 Å². The minimum atomic E-state index is -5.55. The highest BCUT2D eigenvalue weighted by molar-refractivity contribution is 9.10. The third kappa shape index (κ3) is 2.33. The molecule has 0 bridgehead atoms. The van der Waals surface area contributed by atoms with Gasteiger partial charge in [0.25, 0.3) is 0 Å². The second-order valence-electron chi connectivity index (χ2n) is 3.07. The molecule has 16 heavy (non-hydrogen) atoms. The van der Waals surface area contributed by atoms with E-state index in [1.165, 1.54) is 12.1 Å². The lowest BCUT2D eigenvalue weighted by Gasteiger charge is -2.20. The highest BCUT2D eigenvalue weighted by atomic mass is 79.9. The second kappa shape index (κ2) is 4.50. The predicted molar refractivity (Wildman–Crippen MR) is 58.0 cm³/mol. The van der Waals surface area contributed by atoms with E-state index in [4.69, 9.17) is 15.5 Å². The molecule has 0 radical (unpaired) electrons. The van der Waals surface area contributed by atoms with Crippen LogP contribution >= 0.6 is 23.5 Å². The van der Waals surface area contributed by atoms with Crippen LogP contribution in [0.3, 0.4) is 0 Å². The zero-order chi connectivity index (χ0) is 12.6. The Morgan fingerprint density at radius 3 is 2.44 bits per heavy atom. The molecule has 0 heterocycles. The molecule has 0 amide bonds. The van der Waals surface area contributed by atoms with Crippen LogP contribution in [0.15, 0.2) is 22.7 Å². The maximum atomic E-state index is 13.4. The lowest BCUT2D eigenvalue weighted by Crippen LogP contribution is -2.15. The summed E-state index contributed by atoms with van der Waals surface area (Å²) in [5, 5.41) is 0. The van der Waals surface area contributed by atoms with E-state index in [2.05, 4.69) is 15.9 Å². The number of benzene rings is 1. The summed E-state index contributed by atoms with van der Waals surface area (Å²) in [6, 6.07) is 3.71. The number of hydrogen-bond donors (Lipinski definition) is 3. The van der Waals surface area contributed by atoms with Gasteiger partial charge in [-0.1, -0.05) is 18.2 Å². The number of hydrogen-bond acceptors (Lipinski definition) is 2. The van der Waals surface area contributed by atoms with Gasteiger partial charge in [0, 0.05) is 16.6 Å². The fraction of sp³-hybridized carbons (Fsp3) is 0.250. The Morgan fingerprint density at radius 2 is 2.00 bits per heavy atom. The quantitative estimate of drug-likeness (QED) is 0.746. The molecule has 0 saturated carbocycles. The maximum Gasteiger partial charge on any atom is 0.399 e. The molecule has 1 aromatic carbocycles. The largest absolute Gasteiger partial charge is 0.399 e. The molecule has 8 heteroatoms. The van der Waals surface area contributed by atoms with Gasteiger partial charge in [0.05, 0.1) is 0 Å². The molecule has 1 aromatic rings. The van der Waals surface area contributed by atoms with E-state index in [1.807, 2.05) is 0 Å². The average molecular weight is 316 g/mol. The summed E-state index contributed by atoms with van der Waals surface area (Å²) >= 11 is 2.87. The summed E-state index contributed by atoms with van der Waals surface area (Å²) in [5.74, 6) is 0. The van der Waals surface area contributed by atoms with E-state index < -0.39 is 18.8 Å². The topological polar surface area (TPSA) is 83.6 Å². The van der Waals surface area contributed by atoms with Crippen molar-refractivity contribution < 1.29 is 23.1 Å². The SMILES string of the molecule is NCc1cccc(C(F)(F)P(=O)(O)O)c1Br. The Bertz CT molecular complexity index is 449. The molecule has 1 rings (SSSR count). The first-order chi connectivity index (χ1) is 7.21. The van der Waals surface area contributed by atoms with E-state index >= 15 is 0 Å². The van der Waals surface area contributed by atoms with Gasteiger partial charge >= 0.3 is 13.3 Å². The van der Waals surface area contributed by atoms with E-state index in [0.29, 0.717) is 5.56 Å². The molecule has 0 aromatic heterocycles. The van der Waals surface area contributed by atoms with Crippen LogP contribution in [0.25, 0.3) is 0 Å². The Kier molecular flexibility index (Phi) is 3.87. The van der Waals surface area contributed by atoms with Gasteiger partial charge in [-0.05, 0) is 21.5 Å². The Hall–Kier alpha value is -0.330. The minimum absolute atomic E-state index is 0.00827. The molecule has 90 valence electrons. The van der Waals surface area contributed by atoms with Crippen molar-refractivity contribution in [3.63, 3.8) is 0 Å².